The van der Waals surface area contributed by atoms with Crippen LogP contribution in [0.3, 0.4) is 0 Å². The van der Waals surface area contributed by atoms with E-state index in [0.29, 0.717) is 40.7 Å². The number of carbonyl (C=O) groups excluding carboxylic acids is 2. The van der Waals surface area contributed by atoms with Crippen molar-refractivity contribution in [3.8, 4) is 11.5 Å². The SMILES string of the molecule is COc1cc(/C=N/NC(=O)C(CC(C)C)NC(=O)c2ccc(Cl)cc2)ccc1OCc1ccc(Br)cc1. The molecule has 0 aromatic heterocycles. The van der Waals surface area contributed by atoms with Crippen LogP contribution in [0.5, 0.6) is 11.5 Å². The summed E-state index contributed by atoms with van der Waals surface area (Å²) >= 11 is 9.31. The van der Waals surface area contributed by atoms with Crippen LogP contribution in [-0.4, -0.2) is 31.2 Å². The van der Waals surface area contributed by atoms with Gasteiger partial charge in [0.25, 0.3) is 11.8 Å². The number of carbonyl (C=O) groups is 2. The van der Waals surface area contributed by atoms with Gasteiger partial charge in [-0.1, -0.05) is 53.5 Å². The van der Waals surface area contributed by atoms with Crippen LogP contribution in [0.25, 0.3) is 0 Å². The Morgan fingerprint density at radius 2 is 1.73 bits per heavy atom. The minimum atomic E-state index is -0.746. The molecule has 2 N–H and O–H groups in total. The summed E-state index contributed by atoms with van der Waals surface area (Å²) in [5, 5.41) is 7.39. The van der Waals surface area contributed by atoms with E-state index in [1.165, 1.54) is 6.21 Å². The summed E-state index contributed by atoms with van der Waals surface area (Å²) in [6, 6.07) is 19.0. The molecule has 0 saturated carbocycles. The molecule has 3 aromatic carbocycles. The lowest BCUT2D eigenvalue weighted by molar-refractivity contribution is -0.123. The van der Waals surface area contributed by atoms with E-state index in [1.54, 1.807) is 43.5 Å². The van der Waals surface area contributed by atoms with Gasteiger partial charge in [-0.3, -0.25) is 9.59 Å². The van der Waals surface area contributed by atoms with Crippen molar-refractivity contribution in [2.24, 2.45) is 11.0 Å². The van der Waals surface area contributed by atoms with Crippen molar-refractivity contribution in [1.82, 2.24) is 10.7 Å². The summed E-state index contributed by atoms with van der Waals surface area (Å²) in [6.45, 7) is 4.35. The van der Waals surface area contributed by atoms with Gasteiger partial charge < -0.3 is 14.8 Å². The highest BCUT2D eigenvalue weighted by atomic mass is 79.9. The minimum Gasteiger partial charge on any atom is -0.493 e. The highest BCUT2D eigenvalue weighted by molar-refractivity contribution is 9.10. The maximum atomic E-state index is 12.8. The molecule has 7 nitrogen and oxygen atoms in total. The molecule has 9 heteroatoms. The number of benzene rings is 3. The first-order valence-electron chi connectivity index (χ1n) is 11.7. The van der Waals surface area contributed by atoms with Gasteiger partial charge in [-0.15, -0.1) is 0 Å². The molecule has 0 aliphatic carbocycles. The second-order valence-corrected chi connectivity index (χ2v) is 10.1. The summed E-state index contributed by atoms with van der Waals surface area (Å²) in [5.41, 5.74) is 4.68. The van der Waals surface area contributed by atoms with Crippen LogP contribution in [0.4, 0.5) is 0 Å². The average molecular weight is 587 g/mol. The van der Waals surface area contributed by atoms with Crippen molar-refractivity contribution in [2.75, 3.05) is 7.11 Å². The number of halogens is 2. The largest absolute Gasteiger partial charge is 0.493 e. The molecule has 1 unspecified atom stereocenters. The summed E-state index contributed by atoms with van der Waals surface area (Å²) in [7, 11) is 1.56. The Balaban J connectivity index is 1.61. The second-order valence-electron chi connectivity index (χ2n) is 8.72. The highest BCUT2D eigenvalue weighted by Crippen LogP contribution is 2.28. The van der Waals surface area contributed by atoms with Gasteiger partial charge in [0.05, 0.1) is 13.3 Å². The van der Waals surface area contributed by atoms with Crippen molar-refractivity contribution in [1.29, 1.82) is 0 Å². The molecule has 0 bridgehead atoms. The Morgan fingerprint density at radius 1 is 1.03 bits per heavy atom. The molecule has 0 heterocycles. The zero-order valence-electron chi connectivity index (χ0n) is 20.8. The number of rotatable bonds is 11. The molecule has 37 heavy (non-hydrogen) atoms. The molecule has 3 aromatic rings. The molecule has 0 spiro atoms. The van der Waals surface area contributed by atoms with Gasteiger partial charge in [0.2, 0.25) is 0 Å². The lowest BCUT2D eigenvalue weighted by Gasteiger charge is -2.19. The number of hydrogen-bond acceptors (Lipinski definition) is 5. The van der Waals surface area contributed by atoms with Gasteiger partial charge in [0.15, 0.2) is 11.5 Å². The summed E-state index contributed by atoms with van der Waals surface area (Å²) in [6.07, 6.45) is 1.96. The molecule has 194 valence electrons. The van der Waals surface area contributed by atoms with Gasteiger partial charge in [-0.25, -0.2) is 5.43 Å². The fourth-order valence-electron chi connectivity index (χ4n) is 3.42. The monoisotopic (exact) mass is 585 g/mol. The third kappa shape index (κ3) is 8.91. The molecule has 0 saturated heterocycles. The van der Waals surface area contributed by atoms with Crippen molar-refractivity contribution >= 4 is 45.6 Å². The normalized spacial score (nSPS) is 11.8. The third-order valence-corrected chi connectivity index (χ3v) is 6.10. The van der Waals surface area contributed by atoms with Crippen LogP contribution in [0.1, 0.15) is 41.8 Å². The predicted octanol–water partition coefficient (Wildman–Crippen LogP) is 5.98. The van der Waals surface area contributed by atoms with Crippen LogP contribution in [0, 0.1) is 5.92 Å². The number of nitrogens with one attached hydrogen (secondary N) is 2. The molecule has 0 radical (unpaired) electrons. The van der Waals surface area contributed by atoms with Crippen molar-refractivity contribution in [2.45, 2.75) is 32.9 Å². The highest BCUT2D eigenvalue weighted by Gasteiger charge is 2.22. The molecule has 1 atom stereocenters. The smallest absolute Gasteiger partial charge is 0.262 e. The maximum Gasteiger partial charge on any atom is 0.262 e. The Morgan fingerprint density at radius 3 is 2.38 bits per heavy atom. The third-order valence-electron chi connectivity index (χ3n) is 5.32. The molecule has 0 aliphatic rings. The fourth-order valence-corrected chi connectivity index (χ4v) is 3.81. The standard InChI is InChI=1S/C28H29BrClN3O4/c1-18(2)14-24(32-27(34)21-7-11-23(30)12-8-21)28(35)33-31-16-20-6-13-25(26(15-20)36-3)37-17-19-4-9-22(29)10-5-19/h4-13,15-16,18,24H,14,17H2,1-3H3,(H,32,34)(H,33,35)/b31-16+. The quantitative estimate of drug-likeness (QED) is 0.214. The lowest BCUT2D eigenvalue weighted by atomic mass is 10.0. The predicted molar refractivity (Wildman–Crippen MR) is 149 cm³/mol. The molecular formula is C28H29BrClN3O4. The zero-order valence-corrected chi connectivity index (χ0v) is 23.2. The van der Waals surface area contributed by atoms with Crippen molar-refractivity contribution in [3.63, 3.8) is 0 Å². The number of hydrazone groups is 1. The number of ether oxygens (including phenoxy) is 2. The van der Waals surface area contributed by atoms with Crippen LogP contribution < -0.4 is 20.2 Å². The van der Waals surface area contributed by atoms with Crippen LogP contribution in [0.2, 0.25) is 5.02 Å². The van der Waals surface area contributed by atoms with Gasteiger partial charge in [-0.2, -0.15) is 5.10 Å². The Labute approximate surface area is 230 Å². The molecule has 3 rings (SSSR count). The van der Waals surface area contributed by atoms with E-state index < -0.39 is 11.9 Å². The van der Waals surface area contributed by atoms with E-state index in [4.69, 9.17) is 21.1 Å². The Bertz CT molecular complexity index is 1230. The van der Waals surface area contributed by atoms with E-state index in [9.17, 15) is 9.59 Å². The van der Waals surface area contributed by atoms with Gasteiger partial charge in [-0.05, 0) is 78.1 Å². The van der Waals surface area contributed by atoms with Crippen LogP contribution >= 0.6 is 27.5 Å². The number of amides is 2. The van der Waals surface area contributed by atoms with E-state index in [0.717, 1.165) is 10.0 Å². The summed E-state index contributed by atoms with van der Waals surface area (Å²) in [5.74, 6) is 0.548. The first-order chi connectivity index (χ1) is 17.7. The number of hydrogen-bond donors (Lipinski definition) is 2. The maximum absolute atomic E-state index is 12.8. The van der Waals surface area contributed by atoms with Crippen molar-refractivity contribution < 1.29 is 19.1 Å². The first-order valence-corrected chi connectivity index (χ1v) is 12.9. The number of methoxy groups -OCH3 is 1. The van der Waals surface area contributed by atoms with E-state index in [-0.39, 0.29) is 11.8 Å². The summed E-state index contributed by atoms with van der Waals surface area (Å²) < 4.78 is 12.4. The van der Waals surface area contributed by atoms with Gasteiger partial charge >= 0.3 is 0 Å². The minimum absolute atomic E-state index is 0.180. The lowest BCUT2D eigenvalue weighted by Crippen LogP contribution is -2.46. The first kappa shape index (κ1) is 28.2. The van der Waals surface area contributed by atoms with Crippen LogP contribution in [0.15, 0.2) is 76.3 Å². The second kappa shape index (κ2) is 13.8. The topological polar surface area (TPSA) is 89.0 Å². The molecular weight excluding hydrogens is 558 g/mol. The van der Waals surface area contributed by atoms with E-state index in [1.807, 2.05) is 44.2 Å². The van der Waals surface area contributed by atoms with Gasteiger partial charge in [0.1, 0.15) is 12.6 Å². The Kier molecular flexibility index (Phi) is 10.5. The Hall–Kier alpha value is -3.36. The molecule has 2 amide bonds. The van der Waals surface area contributed by atoms with Crippen molar-refractivity contribution in [3.05, 3.63) is 92.9 Å². The number of nitrogens with zero attached hydrogens (tertiary/aromatic N) is 1. The van der Waals surface area contributed by atoms with Crippen LogP contribution in [-0.2, 0) is 11.4 Å². The average Bonchev–Trinajstić information content (AvgIpc) is 2.88. The molecule has 0 fully saturated rings. The van der Waals surface area contributed by atoms with E-state index >= 15 is 0 Å². The molecule has 0 aliphatic heterocycles. The van der Waals surface area contributed by atoms with Gasteiger partial charge in [0, 0.05) is 15.1 Å². The summed E-state index contributed by atoms with van der Waals surface area (Å²) in [4.78, 5) is 25.4. The zero-order chi connectivity index (χ0) is 26.8. The van der Waals surface area contributed by atoms with E-state index in [2.05, 4.69) is 31.8 Å². The fraction of sp³-hybridized carbons (Fsp3) is 0.250.